The lowest BCUT2D eigenvalue weighted by molar-refractivity contribution is 0.0668. The Bertz CT molecular complexity index is 603. The summed E-state index contributed by atoms with van der Waals surface area (Å²) >= 11 is 0. The van der Waals surface area contributed by atoms with Gasteiger partial charge in [0.1, 0.15) is 0 Å². The summed E-state index contributed by atoms with van der Waals surface area (Å²) in [5.41, 5.74) is 4.65. The smallest absolute Gasteiger partial charge is 0.0641 e. The largest absolute Gasteiger partial charge is 0.302 e. The van der Waals surface area contributed by atoms with Gasteiger partial charge in [0.05, 0.1) is 5.69 Å². The van der Waals surface area contributed by atoms with Gasteiger partial charge in [-0.2, -0.15) is 5.10 Å². The lowest BCUT2D eigenvalue weighted by atomic mass is 9.78. The Kier molecular flexibility index (Phi) is 4.93. The maximum absolute atomic E-state index is 4.72. The Balaban J connectivity index is 1.38. The zero-order chi connectivity index (χ0) is 17.4. The van der Waals surface area contributed by atoms with Gasteiger partial charge in [0.2, 0.25) is 0 Å². The molecule has 1 unspecified atom stereocenters. The van der Waals surface area contributed by atoms with Crippen LogP contribution in [0.5, 0.6) is 0 Å². The van der Waals surface area contributed by atoms with E-state index in [2.05, 4.69) is 35.3 Å². The van der Waals surface area contributed by atoms with Crippen LogP contribution < -0.4 is 0 Å². The highest BCUT2D eigenvalue weighted by Gasteiger charge is 2.41. The predicted molar refractivity (Wildman–Crippen MR) is 103 cm³/mol. The fraction of sp³-hybridized carbons (Fsp3) is 0.857. The van der Waals surface area contributed by atoms with Gasteiger partial charge in [-0.3, -0.25) is 9.58 Å². The molecule has 3 fully saturated rings. The predicted octanol–water partition coefficient (Wildman–Crippen LogP) is 3.61. The van der Waals surface area contributed by atoms with Crippen molar-refractivity contribution in [1.82, 2.24) is 19.6 Å². The maximum atomic E-state index is 4.72. The molecule has 3 heterocycles. The lowest BCUT2D eigenvalue weighted by Gasteiger charge is -2.43. The zero-order valence-electron chi connectivity index (χ0n) is 16.6. The monoisotopic (exact) mass is 344 g/mol. The summed E-state index contributed by atoms with van der Waals surface area (Å²) < 4.78 is 2.16. The summed E-state index contributed by atoms with van der Waals surface area (Å²) in [6.07, 6.45) is 8.68. The summed E-state index contributed by atoms with van der Waals surface area (Å²) in [6.45, 7) is 15.3. The van der Waals surface area contributed by atoms with Gasteiger partial charge in [-0.25, -0.2) is 0 Å². The first-order valence-electron chi connectivity index (χ1n) is 10.6. The average Bonchev–Trinajstić information content (AvgIpc) is 3.07. The molecule has 0 aromatic carbocycles. The van der Waals surface area contributed by atoms with Crippen molar-refractivity contribution in [3.8, 4) is 0 Å². The van der Waals surface area contributed by atoms with Crippen molar-refractivity contribution in [2.24, 2.45) is 11.3 Å². The molecule has 4 heteroatoms. The van der Waals surface area contributed by atoms with Gasteiger partial charge >= 0.3 is 0 Å². The van der Waals surface area contributed by atoms with E-state index in [4.69, 9.17) is 5.10 Å². The lowest BCUT2D eigenvalue weighted by Crippen LogP contribution is -2.47. The molecule has 1 saturated carbocycles. The number of likely N-dealkylation sites (tertiary alicyclic amines) is 2. The van der Waals surface area contributed by atoms with Crippen LogP contribution in [0.2, 0.25) is 0 Å². The normalized spacial score (nSPS) is 28.8. The van der Waals surface area contributed by atoms with Crippen molar-refractivity contribution in [1.29, 1.82) is 0 Å². The molecule has 1 aliphatic carbocycles. The number of piperidine rings is 1. The highest BCUT2D eigenvalue weighted by molar-refractivity contribution is 5.24. The van der Waals surface area contributed by atoms with Gasteiger partial charge in [0.15, 0.2) is 0 Å². The van der Waals surface area contributed by atoms with Crippen LogP contribution in [0.15, 0.2) is 0 Å². The van der Waals surface area contributed by atoms with E-state index in [9.17, 15) is 0 Å². The molecule has 3 aliphatic rings. The fourth-order valence-electron chi connectivity index (χ4n) is 5.50. The SMILES string of the molecule is CCn1nc(C)c(CN2CCC3(CCCN(CC4CCC4)C3)C2)c1C. The van der Waals surface area contributed by atoms with Crippen molar-refractivity contribution in [2.45, 2.75) is 72.4 Å². The number of hydrogen-bond donors (Lipinski definition) is 0. The standard InChI is InChI=1S/C21H36N4/c1-4-25-18(3)20(17(2)22-25)14-24-12-10-21(16-24)9-6-11-23(15-21)13-19-7-5-8-19/h19H,4-16H2,1-3H3. The molecule has 0 radical (unpaired) electrons. The zero-order valence-corrected chi connectivity index (χ0v) is 16.6. The summed E-state index contributed by atoms with van der Waals surface area (Å²) in [5, 5.41) is 4.72. The first kappa shape index (κ1) is 17.5. The Morgan fingerprint density at radius 1 is 1.04 bits per heavy atom. The third-order valence-corrected chi connectivity index (χ3v) is 7.21. The number of hydrogen-bond acceptors (Lipinski definition) is 3. The van der Waals surface area contributed by atoms with Gasteiger partial charge in [0.25, 0.3) is 0 Å². The molecule has 1 aromatic rings. The van der Waals surface area contributed by atoms with Crippen LogP contribution in [0.1, 0.15) is 62.4 Å². The van der Waals surface area contributed by atoms with E-state index in [0.717, 1.165) is 19.0 Å². The van der Waals surface area contributed by atoms with Crippen LogP contribution in [0.25, 0.3) is 0 Å². The second-order valence-corrected chi connectivity index (χ2v) is 9.06. The number of rotatable bonds is 5. The van der Waals surface area contributed by atoms with Crippen molar-refractivity contribution in [2.75, 3.05) is 32.7 Å². The summed E-state index contributed by atoms with van der Waals surface area (Å²) in [4.78, 5) is 5.52. The Morgan fingerprint density at radius 2 is 1.84 bits per heavy atom. The van der Waals surface area contributed by atoms with Crippen LogP contribution >= 0.6 is 0 Å². The van der Waals surface area contributed by atoms with Gasteiger partial charge in [-0.05, 0) is 77.3 Å². The highest BCUT2D eigenvalue weighted by Crippen LogP contribution is 2.40. The summed E-state index contributed by atoms with van der Waals surface area (Å²) in [7, 11) is 0. The third kappa shape index (κ3) is 3.52. The molecule has 2 aliphatic heterocycles. The van der Waals surface area contributed by atoms with E-state index in [1.165, 1.54) is 88.2 Å². The molecule has 4 rings (SSSR count). The van der Waals surface area contributed by atoms with Gasteiger partial charge in [-0.15, -0.1) is 0 Å². The van der Waals surface area contributed by atoms with E-state index >= 15 is 0 Å². The Morgan fingerprint density at radius 3 is 2.52 bits per heavy atom. The van der Waals surface area contributed by atoms with Gasteiger partial charge < -0.3 is 4.90 Å². The minimum atomic E-state index is 0.574. The highest BCUT2D eigenvalue weighted by atomic mass is 15.3. The first-order valence-corrected chi connectivity index (χ1v) is 10.6. The topological polar surface area (TPSA) is 24.3 Å². The molecule has 0 N–H and O–H groups in total. The van der Waals surface area contributed by atoms with Crippen molar-refractivity contribution < 1.29 is 0 Å². The molecule has 140 valence electrons. The molecule has 0 bridgehead atoms. The maximum Gasteiger partial charge on any atom is 0.0641 e. The molecular weight excluding hydrogens is 308 g/mol. The van der Waals surface area contributed by atoms with Gasteiger partial charge in [0, 0.05) is 44.0 Å². The van der Waals surface area contributed by atoms with Crippen molar-refractivity contribution in [3.63, 3.8) is 0 Å². The quantitative estimate of drug-likeness (QED) is 0.815. The minimum absolute atomic E-state index is 0.574. The first-order chi connectivity index (χ1) is 12.1. The van der Waals surface area contributed by atoms with E-state index in [1.807, 2.05) is 0 Å². The fourth-order valence-corrected chi connectivity index (χ4v) is 5.50. The summed E-state index contributed by atoms with van der Waals surface area (Å²) in [6, 6.07) is 0. The average molecular weight is 345 g/mol. The molecule has 0 amide bonds. The van der Waals surface area contributed by atoms with Crippen LogP contribution in [-0.2, 0) is 13.1 Å². The molecule has 25 heavy (non-hydrogen) atoms. The second-order valence-electron chi connectivity index (χ2n) is 9.06. The van der Waals surface area contributed by atoms with Crippen LogP contribution in [0.3, 0.4) is 0 Å². The Hall–Kier alpha value is -0.870. The summed E-state index contributed by atoms with van der Waals surface area (Å²) in [5.74, 6) is 1.01. The molecular formula is C21H36N4. The second kappa shape index (κ2) is 7.03. The van der Waals surface area contributed by atoms with Crippen LogP contribution in [0, 0.1) is 25.2 Å². The van der Waals surface area contributed by atoms with E-state index < -0.39 is 0 Å². The van der Waals surface area contributed by atoms with Crippen LogP contribution in [-0.4, -0.2) is 52.3 Å². The van der Waals surface area contributed by atoms with Crippen molar-refractivity contribution >= 4 is 0 Å². The van der Waals surface area contributed by atoms with E-state index in [-0.39, 0.29) is 0 Å². The number of aromatic nitrogens is 2. The van der Waals surface area contributed by atoms with Gasteiger partial charge in [-0.1, -0.05) is 6.42 Å². The number of nitrogens with zero attached hydrogens (tertiary/aromatic N) is 4. The molecule has 1 spiro atoms. The Labute approximate surface area is 153 Å². The van der Waals surface area contributed by atoms with E-state index in [0.29, 0.717) is 5.41 Å². The molecule has 1 atom stereocenters. The number of aryl methyl sites for hydroxylation is 2. The minimum Gasteiger partial charge on any atom is -0.302 e. The van der Waals surface area contributed by atoms with Crippen molar-refractivity contribution in [3.05, 3.63) is 17.0 Å². The van der Waals surface area contributed by atoms with E-state index in [1.54, 1.807) is 0 Å². The molecule has 1 aromatic heterocycles. The molecule has 2 saturated heterocycles. The van der Waals surface area contributed by atoms with Crippen LogP contribution in [0.4, 0.5) is 0 Å². The molecule has 4 nitrogen and oxygen atoms in total. The third-order valence-electron chi connectivity index (χ3n) is 7.21.